The Labute approximate surface area is 162 Å². The number of aryl methyl sites for hydroxylation is 1. The molecule has 1 aliphatic heterocycles. The average molecular weight is 381 g/mol. The van der Waals surface area contributed by atoms with Crippen LogP contribution in [0.15, 0.2) is 51.8 Å². The molecule has 7 nitrogen and oxygen atoms in total. The van der Waals surface area contributed by atoms with Crippen LogP contribution >= 0.6 is 0 Å². The minimum atomic E-state index is -0.454. The van der Waals surface area contributed by atoms with Crippen molar-refractivity contribution < 1.29 is 13.9 Å². The van der Waals surface area contributed by atoms with E-state index in [-0.39, 0.29) is 23.3 Å². The number of carbonyl (C=O) groups excluding carboxylic acids is 1. The monoisotopic (exact) mass is 381 g/mol. The summed E-state index contributed by atoms with van der Waals surface area (Å²) in [5.74, 6) is 0.699. The summed E-state index contributed by atoms with van der Waals surface area (Å²) in [5, 5.41) is 6.53. The van der Waals surface area contributed by atoms with Gasteiger partial charge in [0.1, 0.15) is 17.0 Å². The fraction of sp³-hybridized carbons (Fsp3) is 0.333. The smallest absolute Gasteiger partial charge is 0.319 e. The fourth-order valence-corrected chi connectivity index (χ4v) is 3.66. The fourth-order valence-electron chi connectivity index (χ4n) is 3.66. The van der Waals surface area contributed by atoms with Crippen LogP contribution in [0.5, 0.6) is 0 Å². The molecule has 1 saturated heterocycles. The second kappa shape index (κ2) is 7.52. The number of fused-ring (bicyclic) bond motifs is 1. The quantitative estimate of drug-likeness (QED) is 0.721. The maximum Gasteiger partial charge on any atom is 0.319 e. The normalized spacial score (nSPS) is 17.6. The number of carbonyl (C=O) groups is 1. The number of hydrogen-bond acceptors (Lipinski definition) is 4. The maximum absolute atomic E-state index is 12.7. The third kappa shape index (κ3) is 3.41. The average Bonchev–Trinajstić information content (AvgIpc) is 3.32. The van der Waals surface area contributed by atoms with Crippen molar-refractivity contribution in [1.29, 1.82) is 0 Å². The number of rotatable bonds is 4. The molecule has 2 N–H and O–H groups in total. The standard InChI is InChI=1S/C21H23N3O4/c1-13-16-6-3-4-8-18(16)28-19(13)14(2)22-21(26)23-17-7-5-10-24(20(17)25)15-9-11-27-12-15/h3-8,10,14-15H,9,11-12H2,1-2H3,(H2,22,23,26)/t14-,15?/m0/s1. The van der Waals surface area contributed by atoms with Gasteiger partial charge in [0, 0.05) is 23.8 Å². The van der Waals surface area contributed by atoms with Crippen LogP contribution in [0.4, 0.5) is 10.5 Å². The van der Waals surface area contributed by atoms with Crippen LogP contribution in [0.25, 0.3) is 11.0 Å². The van der Waals surface area contributed by atoms with E-state index in [1.807, 2.05) is 38.1 Å². The topological polar surface area (TPSA) is 85.5 Å². The number of anilines is 1. The lowest BCUT2D eigenvalue weighted by molar-refractivity contribution is 0.186. The third-order valence-electron chi connectivity index (χ3n) is 5.14. The van der Waals surface area contributed by atoms with Gasteiger partial charge in [-0.25, -0.2) is 4.79 Å². The Bertz CT molecular complexity index is 1060. The van der Waals surface area contributed by atoms with Gasteiger partial charge in [0.15, 0.2) is 0 Å². The highest BCUT2D eigenvalue weighted by molar-refractivity contribution is 5.89. The largest absolute Gasteiger partial charge is 0.459 e. The number of ether oxygens (including phenoxy) is 1. The Morgan fingerprint density at radius 3 is 2.82 bits per heavy atom. The summed E-state index contributed by atoms with van der Waals surface area (Å²) in [6.07, 6.45) is 2.52. The molecule has 0 bridgehead atoms. The molecular weight excluding hydrogens is 358 g/mol. The maximum atomic E-state index is 12.7. The van der Waals surface area contributed by atoms with Crippen molar-refractivity contribution >= 4 is 22.7 Å². The van der Waals surface area contributed by atoms with Crippen LogP contribution in [0.1, 0.15) is 36.8 Å². The number of benzene rings is 1. The van der Waals surface area contributed by atoms with E-state index in [1.54, 1.807) is 22.9 Å². The lowest BCUT2D eigenvalue weighted by atomic mass is 10.1. The third-order valence-corrected chi connectivity index (χ3v) is 5.14. The van der Waals surface area contributed by atoms with Gasteiger partial charge in [0.05, 0.1) is 18.7 Å². The number of nitrogens with zero attached hydrogens (tertiary/aromatic N) is 1. The van der Waals surface area contributed by atoms with Crippen molar-refractivity contribution in [2.45, 2.75) is 32.4 Å². The van der Waals surface area contributed by atoms with Crippen molar-refractivity contribution in [2.75, 3.05) is 18.5 Å². The van der Waals surface area contributed by atoms with E-state index in [0.717, 1.165) is 23.0 Å². The van der Waals surface area contributed by atoms with Crippen LogP contribution in [-0.2, 0) is 4.74 Å². The molecule has 4 rings (SSSR count). The van der Waals surface area contributed by atoms with Crippen molar-refractivity contribution in [3.63, 3.8) is 0 Å². The summed E-state index contributed by atoms with van der Waals surface area (Å²) >= 11 is 0. The highest BCUT2D eigenvalue weighted by Crippen LogP contribution is 2.29. The van der Waals surface area contributed by atoms with Gasteiger partial charge in [-0.3, -0.25) is 4.79 Å². The van der Waals surface area contributed by atoms with Crippen LogP contribution < -0.4 is 16.2 Å². The molecule has 0 spiro atoms. The van der Waals surface area contributed by atoms with E-state index in [4.69, 9.17) is 9.15 Å². The lowest BCUT2D eigenvalue weighted by Crippen LogP contribution is -2.35. The summed E-state index contributed by atoms with van der Waals surface area (Å²) in [5.41, 5.74) is 1.78. The van der Waals surface area contributed by atoms with Gasteiger partial charge in [0.25, 0.3) is 5.56 Å². The number of hydrogen-bond donors (Lipinski definition) is 2. The SMILES string of the molecule is Cc1c([C@H](C)NC(=O)Nc2cccn(C3CCOC3)c2=O)oc2ccccc12. The van der Waals surface area contributed by atoms with Gasteiger partial charge in [-0.2, -0.15) is 0 Å². The molecule has 3 aromatic rings. The van der Waals surface area contributed by atoms with Gasteiger partial charge in [-0.05, 0) is 38.5 Å². The number of urea groups is 1. The minimum Gasteiger partial charge on any atom is -0.459 e. The Morgan fingerprint density at radius 2 is 2.07 bits per heavy atom. The summed E-state index contributed by atoms with van der Waals surface area (Å²) in [6, 6.07) is 10.3. The molecule has 146 valence electrons. The number of amides is 2. The van der Waals surface area contributed by atoms with E-state index < -0.39 is 6.03 Å². The minimum absolute atomic E-state index is 0.00873. The van der Waals surface area contributed by atoms with Crippen LogP contribution in [0.2, 0.25) is 0 Å². The molecule has 0 saturated carbocycles. The molecule has 1 fully saturated rings. The molecule has 1 aliphatic rings. The highest BCUT2D eigenvalue weighted by Gasteiger charge is 2.21. The van der Waals surface area contributed by atoms with Crippen LogP contribution in [0.3, 0.4) is 0 Å². The molecule has 3 heterocycles. The van der Waals surface area contributed by atoms with Gasteiger partial charge in [-0.1, -0.05) is 18.2 Å². The molecule has 1 aromatic carbocycles. The number of pyridine rings is 1. The van der Waals surface area contributed by atoms with E-state index >= 15 is 0 Å². The van der Waals surface area contributed by atoms with Crippen LogP contribution in [-0.4, -0.2) is 23.8 Å². The number of nitrogens with one attached hydrogen (secondary N) is 2. The lowest BCUT2D eigenvalue weighted by Gasteiger charge is -2.16. The van der Waals surface area contributed by atoms with Gasteiger partial charge < -0.3 is 24.4 Å². The molecule has 2 amide bonds. The summed E-state index contributed by atoms with van der Waals surface area (Å²) in [4.78, 5) is 25.1. The van der Waals surface area contributed by atoms with Gasteiger partial charge in [0.2, 0.25) is 0 Å². The Balaban J connectivity index is 1.49. The molecule has 7 heteroatoms. The van der Waals surface area contributed by atoms with Gasteiger partial charge >= 0.3 is 6.03 Å². The van der Waals surface area contributed by atoms with Crippen LogP contribution in [0, 0.1) is 6.92 Å². The molecule has 0 radical (unpaired) electrons. The van der Waals surface area contributed by atoms with Gasteiger partial charge in [-0.15, -0.1) is 0 Å². The van der Waals surface area contributed by atoms with E-state index in [0.29, 0.717) is 19.0 Å². The van der Waals surface area contributed by atoms with Crippen molar-refractivity contribution in [3.05, 3.63) is 64.3 Å². The van der Waals surface area contributed by atoms with Crippen molar-refractivity contribution in [2.24, 2.45) is 0 Å². The summed E-state index contributed by atoms with van der Waals surface area (Å²) < 4.78 is 12.9. The predicted molar refractivity (Wildman–Crippen MR) is 107 cm³/mol. The second-order valence-electron chi connectivity index (χ2n) is 7.06. The Morgan fingerprint density at radius 1 is 1.25 bits per heavy atom. The zero-order valence-corrected chi connectivity index (χ0v) is 15.9. The first-order valence-corrected chi connectivity index (χ1v) is 9.39. The Kier molecular flexibility index (Phi) is 4.92. The molecule has 0 aliphatic carbocycles. The second-order valence-corrected chi connectivity index (χ2v) is 7.06. The zero-order chi connectivity index (χ0) is 19.7. The van der Waals surface area contributed by atoms with Crippen molar-refractivity contribution in [3.8, 4) is 0 Å². The number of aromatic nitrogens is 1. The predicted octanol–water partition coefficient (Wildman–Crippen LogP) is 3.75. The first-order valence-electron chi connectivity index (χ1n) is 9.39. The van der Waals surface area contributed by atoms with E-state index in [1.165, 1.54) is 0 Å². The summed E-state index contributed by atoms with van der Waals surface area (Å²) in [7, 11) is 0. The highest BCUT2D eigenvalue weighted by atomic mass is 16.5. The van der Waals surface area contributed by atoms with E-state index in [2.05, 4.69) is 10.6 Å². The van der Waals surface area contributed by atoms with E-state index in [9.17, 15) is 9.59 Å². The first-order chi connectivity index (χ1) is 13.5. The molecular formula is C21H23N3O4. The molecule has 2 atom stereocenters. The first kappa shape index (κ1) is 18.3. The molecule has 1 unspecified atom stereocenters. The van der Waals surface area contributed by atoms with Crippen molar-refractivity contribution in [1.82, 2.24) is 9.88 Å². The Hall–Kier alpha value is -3.06. The number of para-hydroxylation sites is 1. The number of furan rings is 1. The molecule has 28 heavy (non-hydrogen) atoms. The molecule has 2 aromatic heterocycles. The zero-order valence-electron chi connectivity index (χ0n) is 15.9. The summed E-state index contributed by atoms with van der Waals surface area (Å²) in [6.45, 7) is 4.97.